The summed E-state index contributed by atoms with van der Waals surface area (Å²) in [6.07, 6.45) is 12.7. The monoisotopic (exact) mass is 858 g/mol. The van der Waals surface area contributed by atoms with Gasteiger partial charge in [0.1, 0.15) is 23.0 Å². The van der Waals surface area contributed by atoms with Gasteiger partial charge in [-0.3, -0.25) is 9.98 Å². The van der Waals surface area contributed by atoms with Crippen LogP contribution in [0.4, 0.5) is 32.1 Å². The molecule has 2 spiro atoms. The molecule has 2 aliphatic carbocycles. The molecule has 2 atom stereocenters. The molecule has 8 N–H and O–H groups in total. The van der Waals surface area contributed by atoms with Crippen molar-refractivity contribution in [3.05, 3.63) is 153 Å². The molecule has 4 aromatic heterocycles. The molecule has 2 fully saturated rings. The first-order valence-corrected chi connectivity index (χ1v) is 21.9. The second-order valence-electron chi connectivity index (χ2n) is 17.9. The first kappa shape index (κ1) is 40.0. The van der Waals surface area contributed by atoms with Gasteiger partial charge in [-0.25, -0.2) is 38.7 Å². The van der Waals surface area contributed by atoms with Gasteiger partial charge in [-0.1, -0.05) is 48.5 Å². The van der Waals surface area contributed by atoms with E-state index in [2.05, 4.69) is 88.3 Å². The van der Waals surface area contributed by atoms with Gasteiger partial charge in [-0.15, -0.1) is 0 Å². The number of anilines is 4. The lowest BCUT2D eigenvalue weighted by atomic mass is 9.73. The number of aliphatic imine (C=N–C) groups is 2. The number of aromatic nitrogens is 6. The van der Waals surface area contributed by atoms with Crippen molar-refractivity contribution in [1.82, 2.24) is 29.9 Å². The lowest BCUT2D eigenvalue weighted by Crippen LogP contribution is -2.44. The fraction of sp³-hybridized carbons (Fsp3) is 0.333. The zero-order valence-corrected chi connectivity index (χ0v) is 35.3. The Hall–Kier alpha value is -6.78. The van der Waals surface area contributed by atoms with Crippen molar-refractivity contribution in [2.45, 2.75) is 63.7 Å². The van der Waals surface area contributed by atoms with Crippen molar-refractivity contribution in [1.29, 1.82) is 0 Å². The highest BCUT2D eigenvalue weighted by atomic mass is 19.1. The maximum absolute atomic E-state index is 14.5. The van der Waals surface area contributed by atoms with E-state index in [-0.39, 0.29) is 34.5 Å². The molecule has 12 rings (SSSR count). The second-order valence-corrected chi connectivity index (χ2v) is 17.9. The Bertz CT molecular complexity index is 2690. The molecule has 0 radical (unpaired) electrons. The highest BCUT2D eigenvalue weighted by molar-refractivity contribution is 6.14. The fourth-order valence-electron chi connectivity index (χ4n) is 10.9. The molecular formula is C48H48F2N14. The molecule has 6 aliphatic rings. The fourth-order valence-corrected chi connectivity index (χ4v) is 10.9. The number of piperidine rings is 2. The van der Waals surface area contributed by atoms with Crippen LogP contribution in [0.1, 0.15) is 93.9 Å². The van der Waals surface area contributed by atoms with Crippen molar-refractivity contribution in [2.75, 3.05) is 47.4 Å². The zero-order valence-electron chi connectivity index (χ0n) is 35.3. The van der Waals surface area contributed by atoms with Gasteiger partial charge >= 0.3 is 0 Å². The number of hydrogen-bond acceptors (Lipinski definition) is 14. The average Bonchev–Trinajstić information content (AvgIpc) is 4.08. The summed E-state index contributed by atoms with van der Waals surface area (Å²) in [4.78, 5) is 40.0. The number of halogens is 2. The van der Waals surface area contributed by atoms with Gasteiger partial charge < -0.3 is 32.7 Å². The highest BCUT2D eigenvalue weighted by Crippen LogP contribution is 2.52. The topological polar surface area (TPSA) is 213 Å². The first-order chi connectivity index (χ1) is 31.1. The van der Waals surface area contributed by atoms with Gasteiger partial charge in [-0.2, -0.15) is 0 Å². The van der Waals surface area contributed by atoms with E-state index in [1.807, 2.05) is 0 Å². The average molecular weight is 859 g/mol. The predicted octanol–water partition coefficient (Wildman–Crippen LogP) is 5.57. The predicted molar refractivity (Wildman–Crippen MR) is 242 cm³/mol. The lowest BCUT2D eigenvalue weighted by Gasteiger charge is -2.42. The molecule has 324 valence electrons. The molecule has 0 unspecified atom stereocenters. The minimum atomic E-state index is -0.569. The molecule has 8 heterocycles. The lowest BCUT2D eigenvalue weighted by molar-refractivity contribution is 0.187. The first-order valence-electron chi connectivity index (χ1n) is 21.9. The smallest absolute Gasteiger partial charge is 0.174 e. The molecule has 0 bridgehead atoms. The van der Waals surface area contributed by atoms with E-state index >= 15 is 0 Å². The van der Waals surface area contributed by atoms with Crippen LogP contribution in [0.15, 0.2) is 95.4 Å². The third-order valence-electron chi connectivity index (χ3n) is 14.6. The Morgan fingerprint density at radius 2 is 0.953 bits per heavy atom. The van der Waals surface area contributed by atoms with Crippen LogP contribution in [-0.2, 0) is 25.9 Å². The molecular weight excluding hydrogens is 811 g/mol. The second kappa shape index (κ2) is 15.5. The van der Waals surface area contributed by atoms with Crippen LogP contribution in [0.3, 0.4) is 0 Å². The summed E-state index contributed by atoms with van der Waals surface area (Å²) >= 11 is 0. The van der Waals surface area contributed by atoms with Crippen LogP contribution in [0.2, 0.25) is 0 Å². The number of rotatable bonds is 4. The van der Waals surface area contributed by atoms with E-state index in [1.54, 1.807) is 24.5 Å². The van der Waals surface area contributed by atoms with Crippen molar-refractivity contribution in [3.63, 3.8) is 0 Å². The van der Waals surface area contributed by atoms with Crippen molar-refractivity contribution in [2.24, 2.45) is 32.3 Å². The van der Waals surface area contributed by atoms with Gasteiger partial charge in [0, 0.05) is 61.8 Å². The van der Waals surface area contributed by atoms with E-state index in [9.17, 15) is 8.78 Å². The molecule has 64 heavy (non-hydrogen) atoms. The SMILES string of the molecule is Nc1nccc(C2=NCc3nc(N4CCC5(CC4)Cc4ccccc4[C@@H]5N)cnc32)c1F.Nc1nccc(C2=NCc3nc(N4CCC5(CC4)Cc4ccccc4[C@H]5N)cnc32)c1F. The van der Waals surface area contributed by atoms with Gasteiger partial charge in [0.05, 0.1) is 48.3 Å². The Kier molecular flexibility index (Phi) is 9.68. The number of fused-ring (bicyclic) bond motifs is 4. The van der Waals surface area contributed by atoms with E-state index in [4.69, 9.17) is 32.9 Å². The Morgan fingerprint density at radius 3 is 1.36 bits per heavy atom. The van der Waals surface area contributed by atoms with Crippen LogP contribution >= 0.6 is 0 Å². The molecule has 14 nitrogen and oxygen atoms in total. The van der Waals surface area contributed by atoms with E-state index < -0.39 is 11.6 Å². The zero-order chi connectivity index (χ0) is 43.7. The number of pyridine rings is 2. The summed E-state index contributed by atoms with van der Waals surface area (Å²) in [6, 6.07) is 20.4. The summed E-state index contributed by atoms with van der Waals surface area (Å²) in [5, 5.41) is 0. The summed E-state index contributed by atoms with van der Waals surface area (Å²) < 4.78 is 28.9. The normalized spacial score (nSPS) is 20.9. The number of nitrogens with zero attached hydrogens (tertiary/aromatic N) is 10. The largest absolute Gasteiger partial charge is 0.381 e. The van der Waals surface area contributed by atoms with Gasteiger partial charge in [0.15, 0.2) is 23.3 Å². The summed E-state index contributed by atoms with van der Waals surface area (Å²) in [5.41, 5.74) is 34.6. The molecule has 0 amide bonds. The molecule has 2 saturated heterocycles. The molecule has 2 aromatic carbocycles. The number of nitrogen functional groups attached to an aromatic ring is 2. The summed E-state index contributed by atoms with van der Waals surface area (Å²) in [6.45, 7) is 4.31. The number of nitrogens with two attached hydrogens (primary N) is 4. The summed E-state index contributed by atoms with van der Waals surface area (Å²) in [5.74, 6) is 0.263. The van der Waals surface area contributed by atoms with Crippen molar-refractivity contribution >= 4 is 34.7 Å². The van der Waals surface area contributed by atoms with E-state index in [0.717, 1.165) is 87.7 Å². The maximum atomic E-state index is 14.5. The third kappa shape index (κ3) is 6.57. The molecule has 0 saturated carbocycles. The number of hydrogen-bond donors (Lipinski definition) is 4. The van der Waals surface area contributed by atoms with E-state index in [0.29, 0.717) is 47.0 Å². The Labute approximate surface area is 369 Å². The maximum Gasteiger partial charge on any atom is 0.174 e. The molecule has 6 aromatic rings. The minimum Gasteiger partial charge on any atom is -0.381 e. The van der Waals surface area contributed by atoms with E-state index in [1.165, 1.54) is 34.6 Å². The van der Waals surface area contributed by atoms with Crippen LogP contribution in [0.5, 0.6) is 0 Å². The molecule has 16 heteroatoms. The third-order valence-corrected chi connectivity index (χ3v) is 14.6. The van der Waals surface area contributed by atoms with Gasteiger partial charge in [0.25, 0.3) is 0 Å². The number of benzene rings is 2. The van der Waals surface area contributed by atoms with Crippen LogP contribution in [-0.4, -0.2) is 67.5 Å². The Balaban J connectivity index is 0.000000143. The highest BCUT2D eigenvalue weighted by Gasteiger charge is 2.47. The standard InChI is InChI=1S/2C24H24FN7/c2*25-19-16(5-8-28-23(19)27)20-21-17(12-29-20)31-18(13-30-21)32-9-6-24(7-10-32)11-14-3-1-2-4-15(14)22(24)26/h2*1-5,8,13,22H,6-7,9-12,26H2,(H2,27,28)/t2*22-/m10/s1. The van der Waals surface area contributed by atoms with Crippen molar-refractivity contribution in [3.8, 4) is 0 Å². The van der Waals surface area contributed by atoms with Gasteiger partial charge in [-0.05, 0) is 83.7 Å². The van der Waals surface area contributed by atoms with Crippen molar-refractivity contribution < 1.29 is 8.78 Å². The quantitative estimate of drug-likeness (QED) is 0.171. The van der Waals surface area contributed by atoms with Crippen LogP contribution in [0, 0.1) is 22.5 Å². The minimum absolute atomic E-state index is 0.0885. The molecule has 4 aliphatic heterocycles. The van der Waals surface area contributed by atoms with Gasteiger partial charge in [0.2, 0.25) is 0 Å². The van der Waals surface area contributed by atoms with Crippen LogP contribution in [0.25, 0.3) is 0 Å². The Morgan fingerprint density at radius 1 is 0.547 bits per heavy atom. The van der Waals surface area contributed by atoms with Crippen LogP contribution < -0.4 is 32.7 Å². The summed E-state index contributed by atoms with van der Waals surface area (Å²) in [7, 11) is 0.